The van der Waals surface area contributed by atoms with E-state index in [1.165, 1.54) is 0 Å². The molecule has 5 aromatic rings. The van der Waals surface area contributed by atoms with Crippen molar-refractivity contribution >= 4 is 22.9 Å². The molecule has 0 saturated carbocycles. The molecule has 4 aromatic heterocycles. The highest BCUT2D eigenvalue weighted by molar-refractivity contribution is 6.06. The number of benzene rings is 1. The van der Waals surface area contributed by atoms with Gasteiger partial charge in [-0.05, 0) is 37.3 Å². The van der Waals surface area contributed by atoms with E-state index < -0.39 is 0 Å². The third-order valence-corrected chi connectivity index (χ3v) is 4.73. The Morgan fingerprint density at radius 1 is 0.893 bits per heavy atom. The topological polar surface area (TPSA) is 63.7 Å². The largest absolute Gasteiger partial charge is 0.320 e. The van der Waals surface area contributed by atoms with E-state index in [9.17, 15) is 4.79 Å². The van der Waals surface area contributed by atoms with Gasteiger partial charge in [-0.3, -0.25) is 9.20 Å². The average Bonchev–Trinajstić information content (AvgIpc) is 3.28. The van der Waals surface area contributed by atoms with E-state index in [1.54, 1.807) is 4.40 Å². The van der Waals surface area contributed by atoms with Crippen molar-refractivity contribution in [3.05, 3.63) is 90.6 Å². The number of hydrogen-bond donors (Lipinski definition) is 1. The summed E-state index contributed by atoms with van der Waals surface area (Å²) in [5.74, 6) is -0.201. The second-order valence-corrected chi connectivity index (χ2v) is 6.57. The summed E-state index contributed by atoms with van der Waals surface area (Å²) < 4.78 is 3.76. The molecule has 0 aliphatic carbocycles. The van der Waals surface area contributed by atoms with Crippen LogP contribution in [0.4, 0.5) is 5.69 Å². The number of amides is 1. The van der Waals surface area contributed by atoms with Gasteiger partial charge in [-0.25, -0.2) is 9.97 Å². The van der Waals surface area contributed by atoms with Gasteiger partial charge < -0.3 is 9.72 Å². The van der Waals surface area contributed by atoms with Crippen LogP contribution in [0.1, 0.15) is 16.2 Å². The Morgan fingerprint density at radius 3 is 2.50 bits per heavy atom. The van der Waals surface area contributed by atoms with E-state index in [1.807, 2.05) is 90.6 Å². The molecule has 0 unspecified atom stereocenters. The van der Waals surface area contributed by atoms with Crippen LogP contribution < -0.4 is 5.32 Å². The Hall–Kier alpha value is -3.93. The second kappa shape index (κ2) is 6.35. The van der Waals surface area contributed by atoms with E-state index in [-0.39, 0.29) is 5.91 Å². The summed E-state index contributed by atoms with van der Waals surface area (Å²) in [5.41, 5.74) is 5.20. The zero-order valence-electron chi connectivity index (χ0n) is 15.2. The Labute approximate surface area is 161 Å². The number of aryl methyl sites for hydroxylation is 1. The van der Waals surface area contributed by atoms with Crippen LogP contribution in [-0.4, -0.2) is 24.7 Å². The Morgan fingerprint density at radius 2 is 1.64 bits per heavy atom. The van der Waals surface area contributed by atoms with Crippen LogP contribution in [0, 0.1) is 6.92 Å². The zero-order valence-corrected chi connectivity index (χ0v) is 15.2. The van der Waals surface area contributed by atoms with Gasteiger partial charge in [-0.2, -0.15) is 0 Å². The summed E-state index contributed by atoms with van der Waals surface area (Å²) in [5, 5.41) is 3.04. The fourth-order valence-corrected chi connectivity index (χ4v) is 3.45. The SMILES string of the molecule is Cc1nc2ccccn2c1C(=O)Nc1ccccc1-c1cn2ccccc2n1. The number of nitrogens with one attached hydrogen (secondary N) is 1. The number of nitrogens with zero attached hydrogens (tertiary/aromatic N) is 4. The molecule has 1 aromatic carbocycles. The third kappa shape index (κ3) is 2.63. The maximum Gasteiger partial charge on any atom is 0.274 e. The molecule has 0 spiro atoms. The van der Waals surface area contributed by atoms with Crippen LogP contribution in [0.15, 0.2) is 79.3 Å². The maximum atomic E-state index is 13.1. The lowest BCUT2D eigenvalue weighted by atomic mass is 10.1. The normalized spacial score (nSPS) is 11.2. The van der Waals surface area contributed by atoms with Gasteiger partial charge in [-0.1, -0.05) is 30.3 Å². The van der Waals surface area contributed by atoms with E-state index in [0.717, 1.165) is 22.6 Å². The predicted octanol–water partition coefficient (Wildman–Crippen LogP) is 4.21. The fourth-order valence-electron chi connectivity index (χ4n) is 3.45. The van der Waals surface area contributed by atoms with Gasteiger partial charge in [0, 0.05) is 24.2 Å². The van der Waals surface area contributed by atoms with Gasteiger partial charge in [0.2, 0.25) is 0 Å². The van der Waals surface area contributed by atoms with Crippen LogP contribution in [0.25, 0.3) is 22.6 Å². The minimum Gasteiger partial charge on any atom is -0.320 e. The zero-order chi connectivity index (χ0) is 19.1. The molecule has 0 saturated heterocycles. The van der Waals surface area contributed by atoms with E-state index in [2.05, 4.69) is 15.3 Å². The number of para-hydroxylation sites is 1. The standard InChI is InChI=1S/C22H17N5O/c1-15-21(27-13-7-5-11-20(27)23-15)22(28)25-17-9-3-2-8-16(17)18-14-26-12-6-4-10-19(26)24-18/h2-14H,1H3,(H,25,28). The summed E-state index contributed by atoms with van der Waals surface area (Å²) in [6.45, 7) is 1.84. The first-order valence-corrected chi connectivity index (χ1v) is 8.99. The fraction of sp³-hybridized carbons (Fsp3) is 0.0455. The first-order chi connectivity index (χ1) is 13.7. The summed E-state index contributed by atoms with van der Waals surface area (Å²) in [4.78, 5) is 22.2. The molecule has 0 fully saturated rings. The van der Waals surface area contributed by atoms with Gasteiger partial charge in [0.05, 0.1) is 17.1 Å². The average molecular weight is 367 g/mol. The number of imidazole rings is 2. The van der Waals surface area contributed by atoms with Crippen molar-refractivity contribution in [3.63, 3.8) is 0 Å². The molecular weight excluding hydrogens is 350 g/mol. The smallest absolute Gasteiger partial charge is 0.274 e. The number of anilines is 1. The van der Waals surface area contributed by atoms with Crippen molar-refractivity contribution in [1.29, 1.82) is 0 Å². The lowest BCUT2D eigenvalue weighted by Crippen LogP contribution is -2.16. The summed E-state index contributed by atoms with van der Waals surface area (Å²) >= 11 is 0. The Balaban J connectivity index is 1.55. The molecule has 1 N–H and O–H groups in total. The number of pyridine rings is 2. The molecule has 5 rings (SSSR count). The Bertz CT molecular complexity index is 1300. The number of fused-ring (bicyclic) bond motifs is 2. The van der Waals surface area contributed by atoms with Crippen molar-refractivity contribution in [1.82, 2.24) is 18.8 Å². The van der Waals surface area contributed by atoms with Crippen LogP contribution in [0.3, 0.4) is 0 Å². The highest BCUT2D eigenvalue weighted by Gasteiger charge is 2.18. The molecule has 4 heterocycles. The van der Waals surface area contributed by atoms with Gasteiger partial charge in [-0.15, -0.1) is 0 Å². The predicted molar refractivity (Wildman–Crippen MR) is 109 cm³/mol. The van der Waals surface area contributed by atoms with Gasteiger partial charge >= 0.3 is 0 Å². The van der Waals surface area contributed by atoms with Gasteiger partial charge in [0.1, 0.15) is 17.0 Å². The number of aromatic nitrogens is 4. The van der Waals surface area contributed by atoms with Gasteiger partial charge in [0.25, 0.3) is 5.91 Å². The molecule has 0 atom stereocenters. The lowest BCUT2D eigenvalue weighted by molar-refractivity contribution is 0.102. The van der Waals surface area contributed by atoms with Crippen LogP contribution in [0.5, 0.6) is 0 Å². The quantitative estimate of drug-likeness (QED) is 0.520. The minimum atomic E-state index is -0.201. The maximum absolute atomic E-state index is 13.1. The third-order valence-electron chi connectivity index (χ3n) is 4.73. The number of carbonyl (C=O) groups is 1. The summed E-state index contributed by atoms with van der Waals surface area (Å²) in [7, 11) is 0. The molecule has 6 heteroatoms. The monoisotopic (exact) mass is 367 g/mol. The van der Waals surface area contributed by atoms with E-state index >= 15 is 0 Å². The molecule has 136 valence electrons. The summed E-state index contributed by atoms with van der Waals surface area (Å²) in [6, 6.07) is 19.2. The number of carbonyl (C=O) groups excluding carboxylic acids is 1. The molecular formula is C22H17N5O. The molecule has 6 nitrogen and oxygen atoms in total. The minimum absolute atomic E-state index is 0.201. The molecule has 0 aliphatic heterocycles. The molecule has 0 radical (unpaired) electrons. The molecule has 1 amide bonds. The van der Waals surface area contributed by atoms with E-state index in [0.29, 0.717) is 17.1 Å². The Kier molecular flexibility index (Phi) is 3.69. The summed E-state index contributed by atoms with van der Waals surface area (Å²) in [6.07, 6.45) is 5.76. The first-order valence-electron chi connectivity index (χ1n) is 8.99. The lowest BCUT2D eigenvalue weighted by Gasteiger charge is -2.10. The molecule has 0 aliphatic rings. The van der Waals surface area contributed by atoms with Crippen molar-refractivity contribution in [2.75, 3.05) is 5.32 Å². The number of rotatable bonds is 3. The van der Waals surface area contributed by atoms with Crippen molar-refractivity contribution in [3.8, 4) is 11.3 Å². The highest BCUT2D eigenvalue weighted by atomic mass is 16.2. The first kappa shape index (κ1) is 16.3. The highest BCUT2D eigenvalue weighted by Crippen LogP contribution is 2.28. The van der Waals surface area contributed by atoms with Crippen molar-refractivity contribution in [2.45, 2.75) is 6.92 Å². The molecule has 0 bridgehead atoms. The molecule has 28 heavy (non-hydrogen) atoms. The van der Waals surface area contributed by atoms with Crippen molar-refractivity contribution < 1.29 is 4.79 Å². The van der Waals surface area contributed by atoms with Gasteiger partial charge in [0.15, 0.2) is 0 Å². The second-order valence-electron chi connectivity index (χ2n) is 6.57. The van der Waals surface area contributed by atoms with Crippen LogP contribution in [0.2, 0.25) is 0 Å². The van der Waals surface area contributed by atoms with Crippen molar-refractivity contribution in [2.24, 2.45) is 0 Å². The van der Waals surface area contributed by atoms with Crippen LogP contribution in [-0.2, 0) is 0 Å². The van der Waals surface area contributed by atoms with Crippen LogP contribution >= 0.6 is 0 Å². The number of hydrogen-bond acceptors (Lipinski definition) is 3. The van der Waals surface area contributed by atoms with E-state index in [4.69, 9.17) is 0 Å².